The van der Waals surface area contributed by atoms with Crippen molar-refractivity contribution in [3.8, 4) is 0 Å². The summed E-state index contributed by atoms with van der Waals surface area (Å²) >= 11 is 5.38. The topological polar surface area (TPSA) is 0 Å². The van der Waals surface area contributed by atoms with Gasteiger partial charge in [0.15, 0.2) is 0 Å². The Morgan fingerprint density at radius 2 is 2.14 bits per heavy atom. The first-order valence-electron chi connectivity index (χ1n) is 2.51. The van der Waals surface area contributed by atoms with Crippen LogP contribution in [0.4, 0.5) is 0 Å². The first-order chi connectivity index (χ1) is 3.41. The second-order valence-electron chi connectivity index (χ2n) is 1.42. The number of allylic oxidation sites excluding steroid dienone is 1. The molecule has 0 atom stereocenters. The Bertz CT molecular complexity index is 41.4. The molecule has 0 amide bonds. The number of halogens is 1. The van der Waals surface area contributed by atoms with Crippen LogP contribution >= 0.6 is 11.6 Å². The van der Waals surface area contributed by atoms with Gasteiger partial charge in [0.2, 0.25) is 0 Å². The summed E-state index contributed by atoms with van der Waals surface area (Å²) in [6, 6.07) is 0. The lowest BCUT2D eigenvalue weighted by molar-refractivity contribution is 0.820. The molecule has 0 nitrogen and oxygen atoms in total. The molecular formula is C6H10Cl. The summed E-state index contributed by atoms with van der Waals surface area (Å²) in [5, 5.41) is 0. The molecule has 0 spiro atoms. The molecular weight excluding hydrogens is 108 g/mol. The van der Waals surface area contributed by atoms with Crippen LogP contribution in [-0.2, 0) is 0 Å². The van der Waals surface area contributed by atoms with E-state index in [0.717, 1.165) is 25.1 Å². The number of rotatable bonds is 4. The maximum Gasteiger partial charge on any atom is 0.0223 e. The van der Waals surface area contributed by atoms with Gasteiger partial charge >= 0.3 is 0 Å². The van der Waals surface area contributed by atoms with Gasteiger partial charge in [0, 0.05) is 5.88 Å². The molecule has 41 valence electrons. The van der Waals surface area contributed by atoms with E-state index in [-0.39, 0.29) is 0 Å². The van der Waals surface area contributed by atoms with Crippen molar-refractivity contribution in [3.63, 3.8) is 0 Å². The normalized spacial score (nSPS) is 8.71. The van der Waals surface area contributed by atoms with Gasteiger partial charge in [0.05, 0.1) is 0 Å². The van der Waals surface area contributed by atoms with Crippen molar-refractivity contribution in [2.75, 3.05) is 5.88 Å². The van der Waals surface area contributed by atoms with Crippen LogP contribution in [0.2, 0.25) is 0 Å². The molecule has 0 aromatic rings. The summed E-state index contributed by atoms with van der Waals surface area (Å²) in [5.74, 6) is 0.758. The van der Waals surface area contributed by atoms with Crippen LogP contribution in [0.1, 0.15) is 19.3 Å². The molecule has 0 heterocycles. The van der Waals surface area contributed by atoms with Crippen molar-refractivity contribution in [1.82, 2.24) is 0 Å². The second-order valence-corrected chi connectivity index (χ2v) is 1.80. The van der Waals surface area contributed by atoms with E-state index in [0.29, 0.717) is 0 Å². The molecule has 0 saturated heterocycles. The lowest BCUT2D eigenvalue weighted by atomic mass is 10.2. The molecule has 0 aliphatic carbocycles. The summed E-state index contributed by atoms with van der Waals surface area (Å²) in [5.41, 5.74) is 0. The summed E-state index contributed by atoms with van der Waals surface area (Å²) in [7, 11) is 0. The highest BCUT2D eigenvalue weighted by Gasteiger charge is 1.78. The largest absolute Gasteiger partial charge is 0.127 e. The smallest absolute Gasteiger partial charge is 0.0223 e. The summed E-state index contributed by atoms with van der Waals surface area (Å²) in [6.07, 6.45) is 4.87. The van der Waals surface area contributed by atoms with Crippen LogP contribution in [0, 0.1) is 6.58 Å². The van der Waals surface area contributed by atoms with Crippen molar-refractivity contribution in [2.45, 2.75) is 19.3 Å². The van der Waals surface area contributed by atoms with Crippen LogP contribution in [0.3, 0.4) is 0 Å². The molecule has 0 bridgehead atoms. The van der Waals surface area contributed by atoms with E-state index >= 15 is 0 Å². The van der Waals surface area contributed by atoms with Crippen molar-refractivity contribution in [3.05, 3.63) is 12.7 Å². The minimum atomic E-state index is 0.758. The number of hydrogen-bond donors (Lipinski definition) is 0. The molecule has 0 aromatic carbocycles. The average molecular weight is 118 g/mol. The molecule has 0 aliphatic rings. The maximum absolute atomic E-state index is 5.38. The third kappa shape index (κ3) is 6.03. The molecule has 0 N–H and O–H groups in total. The van der Waals surface area contributed by atoms with Crippen LogP contribution < -0.4 is 0 Å². The van der Waals surface area contributed by atoms with Gasteiger partial charge in [-0.1, -0.05) is 12.7 Å². The summed E-state index contributed by atoms with van der Waals surface area (Å²) in [4.78, 5) is 0. The fraction of sp³-hybridized carbons (Fsp3) is 0.667. The lowest BCUT2D eigenvalue weighted by Gasteiger charge is -1.86. The van der Waals surface area contributed by atoms with Crippen molar-refractivity contribution >= 4 is 11.6 Å². The van der Waals surface area contributed by atoms with Crippen LogP contribution in [0.5, 0.6) is 0 Å². The zero-order valence-corrected chi connectivity index (χ0v) is 5.12. The Kier molecular flexibility index (Phi) is 6.06. The van der Waals surface area contributed by atoms with Gasteiger partial charge in [-0.05, 0) is 19.3 Å². The molecule has 1 radical (unpaired) electrons. The highest BCUT2D eigenvalue weighted by Crippen LogP contribution is 1.95. The Morgan fingerprint density at radius 1 is 1.43 bits per heavy atom. The molecule has 0 aliphatic heterocycles. The number of alkyl halides is 1. The standard InChI is InChI=1S/C6H10Cl/c1-2-3-4-5-6-7/h1-2H,3-6H2. The molecule has 0 fully saturated rings. The van der Waals surface area contributed by atoms with E-state index in [4.69, 9.17) is 18.2 Å². The van der Waals surface area contributed by atoms with Gasteiger partial charge in [0.25, 0.3) is 0 Å². The van der Waals surface area contributed by atoms with E-state index in [1.165, 1.54) is 0 Å². The SMILES string of the molecule is [CH]=CCCCCCl. The Morgan fingerprint density at radius 3 is 2.57 bits per heavy atom. The Balaban J connectivity index is 2.56. The summed E-state index contributed by atoms with van der Waals surface area (Å²) in [6.45, 7) is 5.10. The van der Waals surface area contributed by atoms with E-state index in [9.17, 15) is 0 Å². The molecule has 0 unspecified atom stereocenters. The van der Waals surface area contributed by atoms with Crippen LogP contribution in [0.15, 0.2) is 6.08 Å². The van der Waals surface area contributed by atoms with Crippen LogP contribution in [0.25, 0.3) is 0 Å². The first-order valence-corrected chi connectivity index (χ1v) is 3.04. The average Bonchev–Trinajstić information content (AvgIpc) is 1.69. The van der Waals surface area contributed by atoms with E-state index in [2.05, 4.69) is 0 Å². The fourth-order valence-corrected chi connectivity index (χ4v) is 0.546. The predicted octanol–water partition coefficient (Wildman–Crippen LogP) is 2.38. The van der Waals surface area contributed by atoms with Gasteiger partial charge in [-0.2, -0.15) is 0 Å². The van der Waals surface area contributed by atoms with E-state index in [1.54, 1.807) is 6.08 Å². The third-order valence-electron chi connectivity index (χ3n) is 0.754. The fourth-order valence-electron chi connectivity index (χ4n) is 0.357. The lowest BCUT2D eigenvalue weighted by Crippen LogP contribution is -1.72. The highest BCUT2D eigenvalue weighted by atomic mass is 35.5. The number of hydrogen-bond acceptors (Lipinski definition) is 0. The third-order valence-corrected chi connectivity index (χ3v) is 1.02. The minimum absolute atomic E-state index is 0.758. The molecule has 1 heteroatoms. The van der Waals surface area contributed by atoms with Crippen molar-refractivity contribution < 1.29 is 0 Å². The minimum Gasteiger partial charge on any atom is -0.127 e. The molecule has 7 heavy (non-hydrogen) atoms. The highest BCUT2D eigenvalue weighted by molar-refractivity contribution is 6.17. The summed E-state index contributed by atoms with van der Waals surface area (Å²) < 4.78 is 0. The van der Waals surface area contributed by atoms with Gasteiger partial charge < -0.3 is 0 Å². The van der Waals surface area contributed by atoms with Crippen molar-refractivity contribution in [1.29, 1.82) is 0 Å². The maximum atomic E-state index is 5.38. The zero-order chi connectivity index (χ0) is 5.54. The van der Waals surface area contributed by atoms with Gasteiger partial charge in [0.1, 0.15) is 0 Å². The quantitative estimate of drug-likeness (QED) is 0.392. The zero-order valence-electron chi connectivity index (χ0n) is 4.36. The second kappa shape index (κ2) is 6.03. The Hall–Kier alpha value is 0.0300. The molecule has 0 saturated carbocycles. The monoisotopic (exact) mass is 117 g/mol. The predicted molar refractivity (Wildman–Crippen MR) is 33.4 cm³/mol. The van der Waals surface area contributed by atoms with Crippen molar-refractivity contribution in [2.24, 2.45) is 0 Å². The van der Waals surface area contributed by atoms with Gasteiger partial charge in [-0.25, -0.2) is 0 Å². The van der Waals surface area contributed by atoms with E-state index in [1.807, 2.05) is 0 Å². The van der Waals surface area contributed by atoms with Crippen LogP contribution in [-0.4, -0.2) is 5.88 Å². The number of unbranched alkanes of at least 4 members (excludes halogenated alkanes) is 2. The van der Waals surface area contributed by atoms with Gasteiger partial charge in [-0.15, -0.1) is 11.6 Å². The van der Waals surface area contributed by atoms with Gasteiger partial charge in [-0.3, -0.25) is 0 Å². The molecule has 0 aromatic heterocycles. The molecule has 0 rings (SSSR count). The first kappa shape index (κ1) is 7.03. The Labute approximate surface area is 50.2 Å². The van der Waals surface area contributed by atoms with E-state index < -0.39 is 0 Å².